The predicted octanol–water partition coefficient (Wildman–Crippen LogP) is 3.67. The van der Waals surface area contributed by atoms with E-state index in [9.17, 15) is 0 Å². The van der Waals surface area contributed by atoms with E-state index in [-0.39, 0.29) is 24.0 Å². The molecule has 0 spiro atoms. The number of benzene rings is 1. The summed E-state index contributed by atoms with van der Waals surface area (Å²) >= 11 is 2.06. The Balaban J connectivity index is 0.00000338. The lowest BCUT2D eigenvalue weighted by Gasteiger charge is -2.24. The van der Waals surface area contributed by atoms with Gasteiger partial charge in [0.05, 0.1) is 13.2 Å². The molecule has 1 aromatic rings. The van der Waals surface area contributed by atoms with Crippen LogP contribution in [0, 0.1) is 0 Å². The van der Waals surface area contributed by atoms with Crippen molar-refractivity contribution in [3.8, 4) is 5.75 Å². The second-order valence-corrected chi connectivity index (χ2v) is 8.12. The van der Waals surface area contributed by atoms with Crippen LogP contribution in [0.2, 0.25) is 0 Å². The molecule has 0 bridgehead atoms. The first-order chi connectivity index (χ1) is 12.1. The third-order valence-electron chi connectivity index (χ3n) is 4.15. The van der Waals surface area contributed by atoms with Crippen LogP contribution in [0.25, 0.3) is 0 Å². The molecule has 1 fully saturated rings. The first-order valence-electron chi connectivity index (χ1n) is 9.02. The number of nitrogens with one attached hydrogen (secondary N) is 2. The molecule has 1 aliphatic heterocycles. The van der Waals surface area contributed by atoms with Gasteiger partial charge in [-0.2, -0.15) is 11.8 Å². The summed E-state index contributed by atoms with van der Waals surface area (Å²) in [5.74, 6) is 3.00. The van der Waals surface area contributed by atoms with Gasteiger partial charge in [0, 0.05) is 24.9 Å². The van der Waals surface area contributed by atoms with Gasteiger partial charge in [-0.3, -0.25) is 0 Å². The number of ether oxygens (including phenoxy) is 2. The summed E-state index contributed by atoms with van der Waals surface area (Å²) < 4.78 is 11.0. The highest BCUT2D eigenvalue weighted by Crippen LogP contribution is 2.36. The summed E-state index contributed by atoms with van der Waals surface area (Å²) in [5.41, 5.74) is 1.13. The highest BCUT2D eigenvalue weighted by Gasteiger charge is 2.29. The van der Waals surface area contributed by atoms with E-state index in [1.165, 1.54) is 18.6 Å². The van der Waals surface area contributed by atoms with Gasteiger partial charge < -0.3 is 20.1 Å². The van der Waals surface area contributed by atoms with Gasteiger partial charge >= 0.3 is 0 Å². The molecule has 1 unspecified atom stereocenters. The zero-order chi connectivity index (χ0) is 18.0. The van der Waals surface area contributed by atoms with Crippen molar-refractivity contribution in [1.82, 2.24) is 10.6 Å². The molecule has 2 rings (SSSR count). The molecule has 26 heavy (non-hydrogen) atoms. The molecule has 2 N–H and O–H groups in total. The molecule has 0 radical (unpaired) electrons. The summed E-state index contributed by atoms with van der Waals surface area (Å²) in [6.45, 7) is 8.01. The predicted molar refractivity (Wildman–Crippen MR) is 122 cm³/mol. The minimum Gasteiger partial charge on any atom is -0.491 e. The van der Waals surface area contributed by atoms with Crippen molar-refractivity contribution in [2.24, 2.45) is 4.99 Å². The fraction of sp³-hybridized carbons (Fsp3) is 0.632. The van der Waals surface area contributed by atoms with Gasteiger partial charge in [0.15, 0.2) is 5.96 Å². The van der Waals surface area contributed by atoms with E-state index in [1.807, 2.05) is 18.2 Å². The number of hydrogen-bond acceptors (Lipinski definition) is 4. The number of aliphatic imine (C=N–C) groups is 1. The summed E-state index contributed by atoms with van der Waals surface area (Å²) in [7, 11) is 1.67. The second-order valence-electron chi connectivity index (χ2n) is 6.44. The molecule has 7 heteroatoms. The molecule has 1 heterocycles. The monoisotopic (exact) mass is 493 g/mol. The largest absolute Gasteiger partial charge is 0.491 e. The van der Waals surface area contributed by atoms with Crippen molar-refractivity contribution in [3.63, 3.8) is 0 Å². The smallest absolute Gasteiger partial charge is 0.191 e. The summed E-state index contributed by atoms with van der Waals surface area (Å²) in [4.78, 5) is 4.72. The maximum atomic E-state index is 5.66. The van der Waals surface area contributed by atoms with Gasteiger partial charge in [-0.25, -0.2) is 4.99 Å². The summed E-state index contributed by atoms with van der Waals surface area (Å²) in [5, 5.41) is 6.83. The van der Waals surface area contributed by atoms with Gasteiger partial charge in [0.1, 0.15) is 12.4 Å². The zero-order valence-electron chi connectivity index (χ0n) is 16.0. The minimum absolute atomic E-state index is 0. The van der Waals surface area contributed by atoms with Crippen LogP contribution in [0.5, 0.6) is 5.75 Å². The van der Waals surface area contributed by atoms with E-state index in [0.717, 1.165) is 30.4 Å². The van der Waals surface area contributed by atoms with E-state index < -0.39 is 0 Å². The lowest BCUT2D eigenvalue weighted by molar-refractivity contribution is 0.146. The van der Waals surface area contributed by atoms with E-state index >= 15 is 0 Å². The van der Waals surface area contributed by atoms with Crippen LogP contribution >= 0.6 is 35.7 Å². The summed E-state index contributed by atoms with van der Waals surface area (Å²) in [6, 6.07) is 8.08. The number of thioether (sulfide) groups is 1. The Morgan fingerprint density at radius 3 is 2.85 bits per heavy atom. The molecular weight excluding hydrogens is 461 g/mol. The number of methoxy groups -OCH3 is 1. The van der Waals surface area contributed by atoms with Gasteiger partial charge in [-0.15, -0.1) is 24.0 Å². The Labute approximate surface area is 179 Å². The van der Waals surface area contributed by atoms with Crippen molar-refractivity contribution >= 4 is 41.7 Å². The SMILES string of the molecule is CCNC(=NCc1cccc(OCCOC)c1)NCC1(C)CCCS1.I. The van der Waals surface area contributed by atoms with Gasteiger partial charge in [-0.1, -0.05) is 12.1 Å². The Hall–Kier alpha value is -0.670. The van der Waals surface area contributed by atoms with E-state index in [4.69, 9.17) is 14.5 Å². The van der Waals surface area contributed by atoms with Crippen molar-refractivity contribution in [2.75, 3.05) is 39.2 Å². The number of nitrogens with zero attached hydrogens (tertiary/aromatic N) is 1. The first kappa shape index (κ1) is 23.4. The lowest BCUT2D eigenvalue weighted by atomic mass is 10.1. The molecule has 0 aromatic heterocycles. The number of halogens is 1. The molecule has 0 saturated carbocycles. The third-order valence-corrected chi connectivity index (χ3v) is 5.69. The molecule has 1 saturated heterocycles. The highest BCUT2D eigenvalue weighted by molar-refractivity contribution is 14.0. The van der Waals surface area contributed by atoms with Crippen LogP contribution in [0.3, 0.4) is 0 Å². The van der Waals surface area contributed by atoms with Crippen molar-refractivity contribution in [1.29, 1.82) is 0 Å². The number of rotatable bonds is 9. The number of guanidine groups is 1. The Bertz CT molecular complexity index is 551. The topological polar surface area (TPSA) is 54.9 Å². The maximum absolute atomic E-state index is 5.66. The standard InChI is InChI=1S/C19H31N3O2S.HI/c1-4-20-18(22-15-19(2)9-6-12-25-19)21-14-16-7-5-8-17(13-16)24-11-10-23-3;/h5,7-8,13H,4,6,9-12,14-15H2,1-3H3,(H2,20,21,22);1H. The quantitative estimate of drug-likeness (QED) is 0.238. The second kappa shape index (κ2) is 12.7. The minimum atomic E-state index is 0. The van der Waals surface area contributed by atoms with Gasteiger partial charge in [0.25, 0.3) is 0 Å². The van der Waals surface area contributed by atoms with Crippen LogP contribution in [-0.2, 0) is 11.3 Å². The molecule has 1 aromatic carbocycles. The molecule has 148 valence electrons. The van der Waals surface area contributed by atoms with E-state index in [1.54, 1.807) is 7.11 Å². The highest BCUT2D eigenvalue weighted by atomic mass is 127. The molecule has 0 aliphatic carbocycles. The Morgan fingerprint density at radius 1 is 1.31 bits per heavy atom. The fourth-order valence-corrected chi connectivity index (χ4v) is 3.98. The van der Waals surface area contributed by atoms with Crippen LogP contribution < -0.4 is 15.4 Å². The van der Waals surface area contributed by atoms with E-state index in [2.05, 4.69) is 42.3 Å². The van der Waals surface area contributed by atoms with Gasteiger partial charge in [-0.05, 0) is 50.1 Å². The first-order valence-corrected chi connectivity index (χ1v) is 10.0. The molecule has 1 atom stereocenters. The van der Waals surface area contributed by atoms with Crippen LogP contribution in [-0.4, -0.2) is 49.9 Å². The number of hydrogen-bond donors (Lipinski definition) is 2. The molecule has 1 aliphatic rings. The normalized spacial score (nSPS) is 19.7. The zero-order valence-corrected chi connectivity index (χ0v) is 19.2. The Morgan fingerprint density at radius 2 is 2.15 bits per heavy atom. The van der Waals surface area contributed by atoms with Crippen molar-refractivity contribution in [3.05, 3.63) is 29.8 Å². The molecule has 0 amide bonds. The van der Waals surface area contributed by atoms with Crippen LogP contribution in [0.15, 0.2) is 29.3 Å². The lowest BCUT2D eigenvalue weighted by Crippen LogP contribution is -2.43. The maximum Gasteiger partial charge on any atom is 0.191 e. The molecular formula is C19H32IN3O2S. The average molecular weight is 493 g/mol. The summed E-state index contributed by atoms with van der Waals surface area (Å²) in [6.07, 6.45) is 2.58. The van der Waals surface area contributed by atoms with E-state index in [0.29, 0.717) is 24.5 Å². The van der Waals surface area contributed by atoms with Crippen LogP contribution in [0.4, 0.5) is 0 Å². The van der Waals surface area contributed by atoms with Crippen LogP contribution in [0.1, 0.15) is 32.3 Å². The average Bonchev–Trinajstić information content (AvgIpc) is 3.05. The van der Waals surface area contributed by atoms with Crippen molar-refractivity contribution < 1.29 is 9.47 Å². The van der Waals surface area contributed by atoms with Crippen molar-refractivity contribution in [2.45, 2.75) is 38.0 Å². The van der Waals surface area contributed by atoms with Gasteiger partial charge in [0.2, 0.25) is 0 Å². The Kier molecular flexibility index (Phi) is 11.4. The third kappa shape index (κ3) is 8.35. The fourth-order valence-electron chi connectivity index (χ4n) is 2.74. The molecule has 5 nitrogen and oxygen atoms in total.